The molecule has 0 atom stereocenters. The van der Waals surface area contributed by atoms with Gasteiger partial charge in [-0.15, -0.1) is 6.58 Å². The van der Waals surface area contributed by atoms with Crippen LogP contribution < -0.4 is 0 Å². The lowest BCUT2D eigenvalue weighted by Crippen LogP contribution is -1.97. The van der Waals surface area contributed by atoms with E-state index in [1.54, 1.807) is 0 Å². The Labute approximate surface area is 172 Å². The van der Waals surface area contributed by atoms with Crippen LogP contribution in [0.2, 0.25) is 0 Å². The molecule has 0 fully saturated rings. The van der Waals surface area contributed by atoms with Gasteiger partial charge in [0, 0.05) is 16.3 Å². The van der Waals surface area contributed by atoms with Crippen molar-refractivity contribution in [1.29, 1.82) is 5.26 Å². The average molecular weight is 383 g/mol. The van der Waals surface area contributed by atoms with Gasteiger partial charge in [-0.05, 0) is 48.7 Å². The first-order valence-electron chi connectivity index (χ1n) is 10.1. The van der Waals surface area contributed by atoms with Gasteiger partial charge < -0.3 is 0 Å². The van der Waals surface area contributed by atoms with Crippen LogP contribution in [0.1, 0.15) is 37.5 Å². The Kier molecular flexibility index (Phi) is 6.09. The summed E-state index contributed by atoms with van der Waals surface area (Å²) < 4.78 is 1.94. The maximum atomic E-state index is 9.08. The number of allylic oxidation sites excluding steroid dienone is 1. The minimum atomic E-state index is 0.617. The molecule has 0 saturated carbocycles. The van der Waals surface area contributed by atoms with Crippen LogP contribution in [0.5, 0.6) is 0 Å². The van der Waals surface area contributed by atoms with Gasteiger partial charge in [-0.1, -0.05) is 39.0 Å². The third-order valence-electron chi connectivity index (χ3n) is 5.01. The van der Waals surface area contributed by atoms with Gasteiger partial charge in [0.1, 0.15) is 5.69 Å². The second-order valence-corrected chi connectivity index (χ2v) is 6.68. The Hall–Kier alpha value is -3.45. The summed E-state index contributed by atoms with van der Waals surface area (Å²) in [5.74, 6) is 0. The Morgan fingerprint density at radius 2 is 1.90 bits per heavy atom. The number of benzene rings is 2. The van der Waals surface area contributed by atoms with Crippen LogP contribution in [0, 0.1) is 18.3 Å². The number of fused-ring (bicyclic) bond motifs is 3. The molecule has 0 aliphatic carbocycles. The zero-order valence-corrected chi connectivity index (χ0v) is 17.5. The number of pyridine rings is 1. The molecule has 0 bridgehead atoms. The van der Waals surface area contributed by atoms with Crippen molar-refractivity contribution < 1.29 is 0 Å². The van der Waals surface area contributed by atoms with E-state index in [2.05, 4.69) is 38.6 Å². The van der Waals surface area contributed by atoms with Crippen molar-refractivity contribution in [1.82, 2.24) is 14.8 Å². The number of hydrogen-bond acceptors (Lipinski definition) is 3. The molecule has 2 heterocycles. The van der Waals surface area contributed by atoms with Crippen molar-refractivity contribution in [3.63, 3.8) is 0 Å². The van der Waals surface area contributed by atoms with E-state index >= 15 is 0 Å². The van der Waals surface area contributed by atoms with Crippen molar-refractivity contribution >= 4 is 21.8 Å². The van der Waals surface area contributed by atoms with Crippen LogP contribution in [-0.4, -0.2) is 14.8 Å². The second kappa shape index (κ2) is 8.70. The van der Waals surface area contributed by atoms with Gasteiger partial charge in [0.05, 0.1) is 35.4 Å². The highest BCUT2D eigenvalue weighted by Crippen LogP contribution is 2.34. The van der Waals surface area contributed by atoms with Gasteiger partial charge in [0.2, 0.25) is 0 Å². The molecule has 0 aliphatic rings. The molecule has 0 unspecified atom stereocenters. The van der Waals surface area contributed by atoms with E-state index in [9.17, 15) is 0 Å². The van der Waals surface area contributed by atoms with Gasteiger partial charge in [-0.3, -0.25) is 9.67 Å². The first-order chi connectivity index (χ1) is 14.2. The monoisotopic (exact) mass is 382 g/mol. The van der Waals surface area contributed by atoms with Crippen molar-refractivity contribution in [2.24, 2.45) is 0 Å². The summed E-state index contributed by atoms with van der Waals surface area (Å²) in [7, 11) is 0. The first-order valence-corrected chi connectivity index (χ1v) is 10.1. The summed E-state index contributed by atoms with van der Waals surface area (Å²) >= 11 is 0. The molecule has 4 nitrogen and oxygen atoms in total. The van der Waals surface area contributed by atoms with Gasteiger partial charge >= 0.3 is 0 Å². The molecule has 0 spiro atoms. The zero-order chi connectivity index (χ0) is 21.0. The highest BCUT2D eigenvalue weighted by atomic mass is 15.3. The highest BCUT2D eigenvalue weighted by molar-refractivity contribution is 6.11. The molecule has 146 valence electrons. The van der Waals surface area contributed by atoms with Crippen LogP contribution in [0.15, 0.2) is 55.3 Å². The third kappa shape index (κ3) is 3.64. The van der Waals surface area contributed by atoms with E-state index in [0.29, 0.717) is 12.1 Å². The van der Waals surface area contributed by atoms with E-state index in [1.165, 1.54) is 11.1 Å². The van der Waals surface area contributed by atoms with Crippen molar-refractivity contribution in [2.45, 2.75) is 40.7 Å². The fourth-order valence-corrected chi connectivity index (χ4v) is 3.60. The van der Waals surface area contributed by atoms with Crippen molar-refractivity contribution in [3.05, 3.63) is 71.9 Å². The molecule has 4 aromatic rings. The van der Waals surface area contributed by atoms with E-state index < -0.39 is 0 Å². The summed E-state index contributed by atoms with van der Waals surface area (Å²) in [6, 6.07) is 14.1. The standard InChI is InChI=1S/C23H20N4.C2H6/c1-4-10-27-21-14-25-20-12-17(5-2)15(3)11-19(20)22(21)23(26-27)18-8-6-16(13-24)7-9-18;1-2/h4,6-9,11-12,14H,1,5,10H2,2-3H3;1-2H3. The fraction of sp³-hybridized carbons (Fsp3) is 0.240. The van der Waals surface area contributed by atoms with E-state index in [4.69, 9.17) is 15.3 Å². The number of hydrogen-bond donors (Lipinski definition) is 0. The van der Waals surface area contributed by atoms with Gasteiger partial charge in [0.15, 0.2) is 0 Å². The Morgan fingerprint density at radius 3 is 2.52 bits per heavy atom. The third-order valence-corrected chi connectivity index (χ3v) is 5.01. The molecule has 4 heteroatoms. The Balaban J connectivity index is 0.00000117. The summed E-state index contributed by atoms with van der Waals surface area (Å²) in [4.78, 5) is 4.70. The van der Waals surface area contributed by atoms with Crippen LogP contribution in [-0.2, 0) is 13.0 Å². The van der Waals surface area contributed by atoms with Gasteiger partial charge in [-0.2, -0.15) is 10.4 Å². The Morgan fingerprint density at radius 1 is 1.17 bits per heavy atom. The Bertz CT molecular complexity index is 1210. The molecule has 0 radical (unpaired) electrons. The predicted molar refractivity (Wildman–Crippen MR) is 121 cm³/mol. The summed E-state index contributed by atoms with van der Waals surface area (Å²) in [6.45, 7) is 12.8. The molecular formula is C25H26N4. The predicted octanol–water partition coefficient (Wildman–Crippen LogP) is 6.21. The largest absolute Gasteiger partial charge is 0.259 e. The number of rotatable bonds is 4. The molecule has 0 amide bonds. The molecule has 2 aromatic heterocycles. The van der Waals surface area contributed by atoms with Gasteiger partial charge in [0.25, 0.3) is 0 Å². The molecule has 0 N–H and O–H groups in total. The number of nitrogens with zero attached hydrogens (tertiary/aromatic N) is 4. The SMILES string of the molecule is C=CCn1nc(-c2ccc(C#N)cc2)c2c3cc(C)c(CC)cc3ncc21.CC. The first kappa shape index (κ1) is 20.3. The molecule has 2 aromatic carbocycles. The van der Waals surface area contributed by atoms with Crippen molar-refractivity contribution in [2.75, 3.05) is 0 Å². The van der Waals surface area contributed by atoms with Crippen LogP contribution in [0.25, 0.3) is 33.1 Å². The molecule has 0 aliphatic heterocycles. The summed E-state index contributed by atoms with van der Waals surface area (Å²) in [6.07, 6.45) is 4.72. The van der Waals surface area contributed by atoms with E-state index in [0.717, 1.165) is 39.5 Å². The number of nitriles is 1. The van der Waals surface area contributed by atoms with E-state index in [-0.39, 0.29) is 0 Å². The zero-order valence-electron chi connectivity index (χ0n) is 17.5. The molecule has 4 rings (SSSR count). The highest BCUT2D eigenvalue weighted by Gasteiger charge is 2.16. The maximum Gasteiger partial charge on any atom is 0.101 e. The number of aryl methyl sites for hydroxylation is 2. The minimum absolute atomic E-state index is 0.617. The second-order valence-electron chi connectivity index (χ2n) is 6.68. The smallest absolute Gasteiger partial charge is 0.101 e. The molecule has 29 heavy (non-hydrogen) atoms. The fourth-order valence-electron chi connectivity index (χ4n) is 3.60. The number of aromatic nitrogens is 3. The van der Waals surface area contributed by atoms with E-state index in [1.807, 2.05) is 55.1 Å². The topological polar surface area (TPSA) is 54.5 Å². The van der Waals surface area contributed by atoms with Gasteiger partial charge in [-0.25, -0.2) is 0 Å². The van der Waals surface area contributed by atoms with Crippen LogP contribution in [0.3, 0.4) is 0 Å². The normalized spacial score (nSPS) is 10.4. The quantitative estimate of drug-likeness (QED) is 0.394. The minimum Gasteiger partial charge on any atom is -0.259 e. The lowest BCUT2D eigenvalue weighted by molar-refractivity contribution is 0.731. The van der Waals surface area contributed by atoms with Crippen LogP contribution in [0.4, 0.5) is 0 Å². The lowest BCUT2D eigenvalue weighted by Gasteiger charge is -2.08. The lowest BCUT2D eigenvalue weighted by atomic mass is 9.99. The maximum absolute atomic E-state index is 9.08. The molecular weight excluding hydrogens is 356 g/mol. The molecule has 0 saturated heterocycles. The summed E-state index contributed by atoms with van der Waals surface area (Å²) in [5.41, 5.74) is 7.10. The summed E-state index contributed by atoms with van der Waals surface area (Å²) in [5, 5.41) is 16.1. The van der Waals surface area contributed by atoms with Crippen molar-refractivity contribution in [3.8, 4) is 17.3 Å². The average Bonchev–Trinajstić information content (AvgIpc) is 3.14. The van der Waals surface area contributed by atoms with Crippen LogP contribution >= 0.6 is 0 Å².